The van der Waals surface area contributed by atoms with E-state index in [0.717, 1.165) is 11.1 Å². The number of nitrogens with two attached hydrogens (primary N) is 2. The molecule has 4 N–H and O–H groups in total. The summed E-state index contributed by atoms with van der Waals surface area (Å²) in [5.74, 6) is -0.0156. The normalized spacial score (nSPS) is 13.4. The van der Waals surface area contributed by atoms with Crippen LogP contribution < -0.4 is 10.9 Å². The molecule has 0 heterocycles. The van der Waals surface area contributed by atoms with Gasteiger partial charge in [-0.15, -0.1) is 0 Å². The fraction of sp³-hybridized carbons (Fsp3) is 0.333. The first kappa shape index (κ1) is 19.9. The zero-order chi connectivity index (χ0) is 19.7. The number of nitrogens with zero attached hydrogens (tertiary/aromatic N) is 1. The minimum Gasteiger partial charge on any atom is -0.393 e. The van der Waals surface area contributed by atoms with Gasteiger partial charge >= 0.3 is 0 Å². The van der Waals surface area contributed by atoms with Gasteiger partial charge in [-0.05, 0) is 48.9 Å². The highest BCUT2D eigenvalue weighted by Gasteiger charge is 2.33. The number of hydrogen-bond acceptors (Lipinski definition) is 5. The largest absolute Gasteiger partial charge is 0.393 e. The Hall–Kier alpha value is -2.45. The summed E-state index contributed by atoms with van der Waals surface area (Å²) in [7, 11) is -3.65. The van der Waals surface area contributed by atoms with Crippen molar-refractivity contribution in [1.82, 2.24) is 0 Å². The van der Waals surface area contributed by atoms with Crippen molar-refractivity contribution in [3.8, 4) is 11.1 Å². The lowest BCUT2D eigenvalue weighted by Crippen LogP contribution is -2.38. The number of benzene rings is 2. The van der Waals surface area contributed by atoms with Gasteiger partial charge in [-0.3, -0.25) is 10.1 Å². The van der Waals surface area contributed by atoms with Crippen molar-refractivity contribution < 1.29 is 13.3 Å². The van der Waals surface area contributed by atoms with Crippen molar-refractivity contribution >= 4 is 21.4 Å². The number of nitro benzene ring substituents is 1. The smallest absolute Gasteiger partial charge is 0.292 e. The number of nitrogen functional groups attached to an aromatic ring is 1. The number of rotatable bonds is 6. The highest BCUT2D eigenvalue weighted by Crippen LogP contribution is 2.32. The quantitative estimate of drug-likeness (QED) is 0.453. The van der Waals surface area contributed by atoms with Crippen LogP contribution >= 0.6 is 0 Å². The van der Waals surface area contributed by atoms with Gasteiger partial charge in [-0.1, -0.05) is 37.3 Å². The monoisotopic (exact) mass is 377 g/mol. The van der Waals surface area contributed by atoms with Crippen LogP contribution in [-0.2, 0) is 10.0 Å². The molecule has 2 aromatic rings. The van der Waals surface area contributed by atoms with E-state index in [9.17, 15) is 18.5 Å². The molecule has 7 nitrogen and oxygen atoms in total. The van der Waals surface area contributed by atoms with Crippen LogP contribution in [0, 0.1) is 10.1 Å². The van der Waals surface area contributed by atoms with Gasteiger partial charge in [-0.25, -0.2) is 13.6 Å². The fourth-order valence-electron chi connectivity index (χ4n) is 2.86. The third kappa shape index (κ3) is 4.20. The zero-order valence-corrected chi connectivity index (χ0v) is 15.8. The average Bonchev–Trinajstić information content (AvgIpc) is 2.53. The maximum absolute atomic E-state index is 11.7. The summed E-state index contributed by atoms with van der Waals surface area (Å²) in [4.78, 5) is 10.5. The molecule has 1 atom stereocenters. The van der Waals surface area contributed by atoms with Crippen LogP contribution in [0.25, 0.3) is 11.1 Å². The molecule has 0 saturated carbocycles. The Morgan fingerprint density at radius 1 is 1.12 bits per heavy atom. The predicted molar refractivity (Wildman–Crippen MR) is 103 cm³/mol. The van der Waals surface area contributed by atoms with Crippen LogP contribution in [0.1, 0.15) is 38.7 Å². The Morgan fingerprint density at radius 2 is 1.65 bits per heavy atom. The van der Waals surface area contributed by atoms with E-state index in [4.69, 9.17) is 10.9 Å². The second-order valence-corrected chi connectivity index (χ2v) is 9.26. The van der Waals surface area contributed by atoms with Crippen molar-refractivity contribution in [2.24, 2.45) is 5.14 Å². The topological polar surface area (TPSA) is 129 Å². The van der Waals surface area contributed by atoms with Crippen molar-refractivity contribution in [3.05, 3.63) is 58.1 Å². The first-order chi connectivity index (χ1) is 11.9. The van der Waals surface area contributed by atoms with E-state index in [1.165, 1.54) is 12.1 Å². The second kappa shape index (κ2) is 7.05. The van der Waals surface area contributed by atoms with Crippen molar-refractivity contribution in [2.75, 3.05) is 5.73 Å². The lowest BCUT2D eigenvalue weighted by molar-refractivity contribution is -0.383. The third-order valence-corrected chi connectivity index (χ3v) is 6.32. The molecule has 8 heteroatoms. The van der Waals surface area contributed by atoms with Crippen LogP contribution in [-0.4, -0.2) is 18.1 Å². The van der Waals surface area contributed by atoms with Crippen LogP contribution in [0.15, 0.2) is 42.5 Å². The molecule has 140 valence electrons. The Morgan fingerprint density at radius 3 is 2.15 bits per heavy atom. The lowest BCUT2D eigenvalue weighted by atomic mass is 9.90. The molecule has 0 aliphatic heterocycles. The molecule has 0 saturated heterocycles. The van der Waals surface area contributed by atoms with Crippen molar-refractivity contribution in [2.45, 2.75) is 37.9 Å². The molecular weight excluding hydrogens is 354 g/mol. The minimum atomic E-state index is -3.65. The Kier molecular flexibility index (Phi) is 5.39. The summed E-state index contributed by atoms with van der Waals surface area (Å²) in [5, 5.41) is 16.3. The summed E-state index contributed by atoms with van der Waals surface area (Å²) in [5.41, 5.74) is 8.09. The van der Waals surface area contributed by atoms with Crippen LogP contribution in [0.5, 0.6) is 0 Å². The van der Waals surface area contributed by atoms with Crippen molar-refractivity contribution in [3.63, 3.8) is 0 Å². The van der Waals surface area contributed by atoms with Gasteiger partial charge in [0, 0.05) is 6.07 Å². The first-order valence-electron chi connectivity index (χ1n) is 8.09. The fourth-order valence-corrected chi connectivity index (χ4v) is 3.34. The molecule has 0 fully saturated rings. The summed E-state index contributed by atoms with van der Waals surface area (Å²) in [6, 6.07) is 12.2. The third-order valence-electron chi connectivity index (χ3n) is 4.61. The zero-order valence-electron chi connectivity index (χ0n) is 15.0. The average molecular weight is 377 g/mol. The lowest BCUT2D eigenvalue weighted by Gasteiger charge is -2.26. The van der Waals surface area contributed by atoms with E-state index in [0.29, 0.717) is 12.0 Å². The van der Waals surface area contributed by atoms with Crippen molar-refractivity contribution in [1.29, 1.82) is 0 Å². The number of hydrogen-bond donors (Lipinski definition) is 2. The van der Waals surface area contributed by atoms with Gasteiger partial charge in [0.2, 0.25) is 10.0 Å². The number of primary sulfonamides is 1. The van der Waals surface area contributed by atoms with Crippen LogP contribution in [0.3, 0.4) is 0 Å². The minimum absolute atomic E-state index is 0.0156. The molecule has 0 bridgehead atoms. The van der Waals surface area contributed by atoms with Gasteiger partial charge < -0.3 is 5.73 Å². The Balaban J connectivity index is 2.26. The summed E-state index contributed by atoms with van der Waals surface area (Å²) >= 11 is 0. The van der Waals surface area contributed by atoms with Gasteiger partial charge in [0.1, 0.15) is 5.69 Å². The molecule has 0 amide bonds. The van der Waals surface area contributed by atoms with E-state index in [-0.39, 0.29) is 17.3 Å². The second-order valence-electron chi connectivity index (χ2n) is 7.06. The van der Waals surface area contributed by atoms with Crippen LogP contribution in [0.2, 0.25) is 0 Å². The van der Waals surface area contributed by atoms with Crippen LogP contribution in [0.4, 0.5) is 11.4 Å². The molecule has 2 rings (SSSR count). The van der Waals surface area contributed by atoms with E-state index in [2.05, 4.69) is 0 Å². The maximum Gasteiger partial charge on any atom is 0.292 e. The summed E-state index contributed by atoms with van der Waals surface area (Å²) in [6.07, 6.45) is 0.387. The number of sulfonamides is 1. The maximum atomic E-state index is 11.7. The van der Waals surface area contributed by atoms with E-state index < -0.39 is 19.7 Å². The van der Waals surface area contributed by atoms with E-state index >= 15 is 0 Å². The highest BCUT2D eigenvalue weighted by molar-refractivity contribution is 7.90. The molecule has 0 spiro atoms. The summed E-state index contributed by atoms with van der Waals surface area (Å²) in [6.45, 7) is 5.16. The summed E-state index contributed by atoms with van der Waals surface area (Å²) < 4.78 is 22.3. The van der Waals surface area contributed by atoms with E-state index in [1.807, 2.05) is 31.2 Å². The molecule has 0 aromatic heterocycles. The number of anilines is 1. The van der Waals surface area contributed by atoms with Gasteiger partial charge in [0.15, 0.2) is 0 Å². The Bertz CT molecular complexity index is 922. The predicted octanol–water partition coefficient (Wildman–Crippen LogP) is 3.40. The Labute approximate surface area is 153 Å². The highest BCUT2D eigenvalue weighted by atomic mass is 32.2. The molecule has 2 aromatic carbocycles. The molecule has 0 aliphatic carbocycles. The van der Waals surface area contributed by atoms with Gasteiger partial charge in [-0.2, -0.15) is 0 Å². The molecule has 0 radical (unpaired) electrons. The molecule has 0 aliphatic rings. The van der Waals surface area contributed by atoms with E-state index in [1.54, 1.807) is 19.9 Å². The van der Waals surface area contributed by atoms with Gasteiger partial charge in [0.25, 0.3) is 5.69 Å². The standard InChI is InChI=1S/C18H23N3O4S/c1-12(11-18(2,3)26(20,24)25)13-4-6-14(7-5-13)15-8-9-16(19)17(10-15)21(22)23/h4-10,12H,11,19H2,1-3H3,(H2,20,24,25)/t12-/m1/s1. The number of nitro groups is 1. The first-order valence-corrected chi connectivity index (χ1v) is 9.63. The molecule has 0 unspecified atom stereocenters. The molecular formula is C18H23N3O4S. The molecule has 26 heavy (non-hydrogen) atoms. The SMILES string of the molecule is C[C@H](CC(C)(C)S(N)(=O)=O)c1ccc(-c2ccc(N)c([N+](=O)[O-])c2)cc1. The van der Waals surface area contributed by atoms with Gasteiger partial charge in [0.05, 0.1) is 9.67 Å².